The van der Waals surface area contributed by atoms with Gasteiger partial charge in [0.2, 0.25) is 0 Å². The summed E-state index contributed by atoms with van der Waals surface area (Å²) in [7, 11) is -3.91. The number of sulfonamides is 1. The zero-order valence-electron chi connectivity index (χ0n) is 11.0. The van der Waals surface area contributed by atoms with E-state index in [-0.39, 0.29) is 22.7 Å². The summed E-state index contributed by atoms with van der Waals surface area (Å²) in [5, 5.41) is 18.6. The molecule has 0 aliphatic carbocycles. The van der Waals surface area contributed by atoms with E-state index in [0.29, 0.717) is 6.42 Å². The van der Waals surface area contributed by atoms with Gasteiger partial charge in [0.05, 0.1) is 5.56 Å². The van der Waals surface area contributed by atoms with E-state index >= 15 is 0 Å². The smallest absolute Gasteiger partial charge is 0.269 e. The summed E-state index contributed by atoms with van der Waals surface area (Å²) in [6.07, 6.45) is 2.34. The lowest BCUT2D eigenvalue weighted by atomic mass is 10.2. The SMILES string of the molecule is CCCCCN1C(=O)c2ccc([NH+]([O-])O)cc2S1(=O)=O. The maximum absolute atomic E-state index is 12.3. The maximum Gasteiger partial charge on any atom is 0.269 e. The zero-order valence-corrected chi connectivity index (χ0v) is 11.8. The molecule has 0 saturated heterocycles. The van der Waals surface area contributed by atoms with Crippen LogP contribution in [0.4, 0.5) is 5.69 Å². The number of nitrogens with one attached hydrogen (secondary N) is 1. The van der Waals surface area contributed by atoms with Gasteiger partial charge in [-0.25, -0.2) is 17.9 Å². The van der Waals surface area contributed by atoms with Crippen molar-refractivity contribution in [1.29, 1.82) is 0 Å². The molecule has 0 saturated carbocycles. The quantitative estimate of drug-likeness (QED) is 0.606. The minimum absolute atomic E-state index is 0.0477. The summed E-state index contributed by atoms with van der Waals surface area (Å²) in [4.78, 5) is 11.9. The van der Waals surface area contributed by atoms with E-state index in [1.54, 1.807) is 0 Å². The molecular formula is C12H16N2O5S. The van der Waals surface area contributed by atoms with Crippen molar-refractivity contribution in [3.05, 3.63) is 29.0 Å². The molecule has 1 aliphatic heterocycles. The number of fused-ring (bicyclic) bond motifs is 1. The molecule has 0 bridgehead atoms. The van der Waals surface area contributed by atoms with Crippen molar-refractivity contribution in [3.63, 3.8) is 0 Å². The largest absolute Gasteiger partial charge is 0.595 e. The Morgan fingerprint density at radius 3 is 2.65 bits per heavy atom. The van der Waals surface area contributed by atoms with E-state index in [1.807, 2.05) is 6.92 Å². The van der Waals surface area contributed by atoms with Crippen molar-refractivity contribution in [2.75, 3.05) is 6.54 Å². The summed E-state index contributed by atoms with van der Waals surface area (Å²) in [6.45, 7) is 2.11. The number of nitrogens with zero attached hydrogens (tertiary/aromatic N) is 1. The first-order chi connectivity index (χ1) is 9.39. The minimum atomic E-state index is -3.91. The Morgan fingerprint density at radius 2 is 2.05 bits per heavy atom. The maximum atomic E-state index is 12.3. The average molecular weight is 300 g/mol. The summed E-state index contributed by atoms with van der Waals surface area (Å²) in [6, 6.07) is 3.55. The first-order valence-electron chi connectivity index (χ1n) is 6.34. The second kappa shape index (κ2) is 5.49. The molecule has 0 fully saturated rings. The molecule has 2 rings (SSSR count). The molecule has 0 radical (unpaired) electrons. The number of benzene rings is 1. The Hall–Kier alpha value is -1.48. The van der Waals surface area contributed by atoms with E-state index < -0.39 is 21.2 Å². The Balaban J connectivity index is 2.38. The molecule has 110 valence electrons. The summed E-state index contributed by atoms with van der Waals surface area (Å²) in [5.74, 6) is -0.576. The summed E-state index contributed by atoms with van der Waals surface area (Å²) in [5.41, 5.74) is -0.0953. The standard InChI is InChI=1S/C12H16N2O5S/c1-2-3-4-7-13-12(15)10-6-5-9(14(16)17)8-11(10)20(13,18)19/h5-6,8,14,16H,2-4,7H2,1H3. The average Bonchev–Trinajstić information content (AvgIpc) is 2.59. The van der Waals surface area contributed by atoms with Crippen LogP contribution in [0.2, 0.25) is 0 Å². The fraction of sp³-hybridized carbons (Fsp3) is 0.417. The van der Waals surface area contributed by atoms with Crippen LogP contribution in [0.15, 0.2) is 23.1 Å². The highest BCUT2D eigenvalue weighted by atomic mass is 32.2. The molecule has 8 heteroatoms. The molecule has 0 spiro atoms. The van der Waals surface area contributed by atoms with Crippen LogP contribution in [-0.4, -0.2) is 30.4 Å². The van der Waals surface area contributed by atoms with Crippen molar-refractivity contribution in [2.24, 2.45) is 0 Å². The van der Waals surface area contributed by atoms with Crippen LogP contribution in [0, 0.1) is 5.21 Å². The predicted molar refractivity (Wildman–Crippen MR) is 70.0 cm³/mol. The molecule has 20 heavy (non-hydrogen) atoms. The topological polar surface area (TPSA) is 102 Å². The van der Waals surface area contributed by atoms with Gasteiger partial charge in [-0.05, 0) is 12.5 Å². The van der Waals surface area contributed by atoms with Gasteiger partial charge < -0.3 is 5.21 Å². The van der Waals surface area contributed by atoms with Crippen LogP contribution in [0.3, 0.4) is 0 Å². The first-order valence-corrected chi connectivity index (χ1v) is 7.78. The Bertz CT molecular complexity index is 627. The molecule has 0 aromatic heterocycles. The third-order valence-electron chi connectivity index (χ3n) is 3.22. The first kappa shape index (κ1) is 14.9. The fourth-order valence-corrected chi connectivity index (χ4v) is 3.77. The highest BCUT2D eigenvalue weighted by molar-refractivity contribution is 7.90. The van der Waals surface area contributed by atoms with Gasteiger partial charge in [-0.2, -0.15) is 5.23 Å². The predicted octanol–water partition coefficient (Wildman–Crippen LogP) is 0.425. The van der Waals surface area contributed by atoms with Gasteiger partial charge in [0.15, 0.2) is 5.69 Å². The van der Waals surface area contributed by atoms with Crippen molar-refractivity contribution in [3.8, 4) is 0 Å². The van der Waals surface area contributed by atoms with E-state index in [2.05, 4.69) is 0 Å². The van der Waals surface area contributed by atoms with E-state index in [0.717, 1.165) is 23.2 Å². The van der Waals surface area contributed by atoms with Crippen molar-refractivity contribution in [2.45, 2.75) is 31.1 Å². The van der Waals surface area contributed by atoms with Gasteiger partial charge in [-0.15, -0.1) is 0 Å². The second-order valence-electron chi connectivity index (χ2n) is 4.61. The van der Waals surface area contributed by atoms with Gasteiger partial charge in [0.25, 0.3) is 15.9 Å². The van der Waals surface area contributed by atoms with Gasteiger partial charge in [-0.3, -0.25) is 4.79 Å². The van der Waals surface area contributed by atoms with Crippen LogP contribution in [0.1, 0.15) is 36.5 Å². The number of carbonyl (C=O) groups excluding carboxylic acids is 1. The van der Waals surface area contributed by atoms with Crippen molar-refractivity contribution in [1.82, 2.24) is 4.31 Å². The molecule has 1 atom stereocenters. The Morgan fingerprint density at radius 1 is 1.35 bits per heavy atom. The lowest BCUT2D eigenvalue weighted by Crippen LogP contribution is -2.99. The van der Waals surface area contributed by atoms with Crippen molar-refractivity contribution >= 4 is 21.6 Å². The molecule has 1 aliphatic rings. The highest BCUT2D eigenvalue weighted by Crippen LogP contribution is 2.31. The lowest BCUT2D eigenvalue weighted by molar-refractivity contribution is -0.991. The molecule has 1 amide bonds. The fourth-order valence-electron chi connectivity index (χ4n) is 2.13. The van der Waals surface area contributed by atoms with E-state index in [1.165, 1.54) is 12.1 Å². The molecule has 7 nitrogen and oxygen atoms in total. The monoisotopic (exact) mass is 300 g/mol. The zero-order chi connectivity index (χ0) is 14.9. The molecule has 2 N–H and O–H groups in total. The second-order valence-corrected chi connectivity index (χ2v) is 6.44. The molecular weight excluding hydrogens is 284 g/mol. The van der Waals surface area contributed by atoms with Crippen LogP contribution >= 0.6 is 0 Å². The van der Waals surface area contributed by atoms with Crippen LogP contribution < -0.4 is 5.23 Å². The third-order valence-corrected chi connectivity index (χ3v) is 5.04. The number of rotatable bonds is 5. The van der Waals surface area contributed by atoms with E-state index in [4.69, 9.17) is 5.21 Å². The highest BCUT2D eigenvalue weighted by Gasteiger charge is 2.41. The van der Waals surface area contributed by atoms with Crippen LogP contribution in [0.5, 0.6) is 0 Å². The number of hydrogen-bond acceptors (Lipinski definition) is 5. The number of unbranched alkanes of at least 4 members (excludes halogenated alkanes) is 2. The number of carbonyl (C=O) groups is 1. The number of quaternary nitrogens is 1. The molecule has 1 aromatic rings. The van der Waals surface area contributed by atoms with Crippen LogP contribution in [0.25, 0.3) is 0 Å². The van der Waals surface area contributed by atoms with Gasteiger partial charge in [-0.1, -0.05) is 19.8 Å². The lowest BCUT2D eigenvalue weighted by Gasteiger charge is -2.14. The van der Waals surface area contributed by atoms with Gasteiger partial charge >= 0.3 is 0 Å². The minimum Gasteiger partial charge on any atom is -0.595 e. The number of amides is 1. The summed E-state index contributed by atoms with van der Waals surface area (Å²) < 4.78 is 25.4. The van der Waals surface area contributed by atoms with E-state index in [9.17, 15) is 18.4 Å². The van der Waals surface area contributed by atoms with Gasteiger partial charge in [0, 0.05) is 18.7 Å². The van der Waals surface area contributed by atoms with Crippen LogP contribution in [-0.2, 0) is 10.0 Å². The molecule has 1 aromatic carbocycles. The van der Waals surface area contributed by atoms with Crippen molar-refractivity contribution < 1.29 is 23.6 Å². The normalized spacial score (nSPS) is 18.1. The third kappa shape index (κ3) is 2.42. The Labute approximate surface area is 117 Å². The summed E-state index contributed by atoms with van der Waals surface area (Å²) >= 11 is 0. The molecule has 1 unspecified atom stereocenters. The Kier molecular flexibility index (Phi) is 4.09. The number of hydrogen-bond donors (Lipinski definition) is 2. The molecule has 1 heterocycles. The van der Waals surface area contributed by atoms with Gasteiger partial charge in [0.1, 0.15) is 4.90 Å².